The van der Waals surface area contributed by atoms with Gasteiger partial charge in [-0.3, -0.25) is 0 Å². The van der Waals surface area contributed by atoms with Gasteiger partial charge in [0.15, 0.2) is 0 Å². The Bertz CT molecular complexity index is 566. The Hall–Kier alpha value is -1.49. The van der Waals surface area contributed by atoms with E-state index in [4.69, 9.17) is 0 Å². The number of aromatic nitrogens is 1. The van der Waals surface area contributed by atoms with Crippen LogP contribution in [0.3, 0.4) is 0 Å². The second kappa shape index (κ2) is 5.02. The fourth-order valence-corrected chi connectivity index (χ4v) is 2.59. The van der Waals surface area contributed by atoms with Crippen molar-refractivity contribution in [1.29, 1.82) is 0 Å². The highest BCUT2D eigenvalue weighted by atomic mass is 32.1. The average Bonchev–Trinajstić information content (AvgIpc) is 2.72. The first-order chi connectivity index (χ1) is 8.49. The quantitative estimate of drug-likeness (QED) is 0.902. The van der Waals surface area contributed by atoms with Crippen molar-refractivity contribution in [3.63, 3.8) is 0 Å². The molecule has 5 heteroatoms. The third-order valence-corrected chi connectivity index (χ3v) is 3.91. The molecule has 1 aromatic heterocycles. The van der Waals surface area contributed by atoms with Crippen LogP contribution >= 0.6 is 11.3 Å². The molecule has 2 nitrogen and oxygen atoms in total. The van der Waals surface area contributed by atoms with Crippen molar-refractivity contribution >= 4 is 17.0 Å². The second-order valence-corrected chi connectivity index (χ2v) is 5.14. The summed E-state index contributed by atoms with van der Waals surface area (Å²) < 4.78 is 27.1. The second-order valence-electron chi connectivity index (χ2n) is 4.25. The molecule has 0 saturated carbocycles. The predicted octanol–water partition coefficient (Wildman–Crippen LogP) is 4.21. The van der Waals surface area contributed by atoms with Gasteiger partial charge in [-0.15, -0.1) is 11.3 Å². The molecule has 1 aromatic carbocycles. The van der Waals surface area contributed by atoms with E-state index in [0.29, 0.717) is 5.56 Å². The molecule has 0 aliphatic carbocycles. The van der Waals surface area contributed by atoms with Gasteiger partial charge in [-0.2, -0.15) is 0 Å². The Morgan fingerprint density at radius 1 is 1.22 bits per heavy atom. The topological polar surface area (TPSA) is 24.9 Å². The lowest BCUT2D eigenvalue weighted by atomic mass is 10.1. The number of hydrogen-bond acceptors (Lipinski definition) is 3. The molecule has 0 amide bonds. The maximum atomic E-state index is 13.7. The Labute approximate surface area is 109 Å². The minimum Gasteiger partial charge on any atom is -0.375 e. The number of halogens is 2. The minimum atomic E-state index is -0.442. The van der Waals surface area contributed by atoms with E-state index in [2.05, 4.69) is 10.3 Å². The van der Waals surface area contributed by atoms with Crippen molar-refractivity contribution in [2.75, 3.05) is 5.32 Å². The predicted molar refractivity (Wildman–Crippen MR) is 70.0 cm³/mol. The molecule has 0 bridgehead atoms. The molecule has 0 aliphatic rings. The SMILES string of the molecule is Cc1cc(F)c(NC(C)c2scnc2C)cc1F. The highest BCUT2D eigenvalue weighted by Gasteiger charge is 2.14. The van der Waals surface area contributed by atoms with Gasteiger partial charge in [0.05, 0.1) is 22.9 Å². The molecule has 0 saturated heterocycles. The summed E-state index contributed by atoms with van der Waals surface area (Å²) in [5.41, 5.74) is 3.14. The largest absolute Gasteiger partial charge is 0.375 e. The zero-order valence-electron chi connectivity index (χ0n) is 10.4. The van der Waals surface area contributed by atoms with Gasteiger partial charge in [-0.05, 0) is 32.4 Å². The third kappa shape index (κ3) is 2.51. The van der Waals surface area contributed by atoms with E-state index in [1.54, 1.807) is 12.4 Å². The monoisotopic (exact) mass is 268 g/mol. The van der Waals surface area contributed by atoms with Gasteiger partial charge in [0.1, 0.15) is 11.6 Å². The Balaban J connectivity index is 2.24. The Morgan fingerprint density at radius 3 is 2.56 bits per heavy atom. The molecule has 0 spiro atoms. The van der Waals surface area contributed by atoms with Crippen LogP contribution in [0.2, 0.25) is 0 Å². The number of nitrogens with one attached hydrogen (secondary N) is 1. The first-order valence-corrected chi connectivity index (χ1v) is 6.49. The molecule has 1 N–H and O–H groups in total. The van der Waals surface area contributed by atoms with Crippen LogP contribution in [0.4, 0.5) is 14.5 Å². The van der Waals surface area contributed by atoms with Gasteiger partial charge in [0.2, 0.25) is 0 Å². The molecule has 0 radical (unpaired) electrons. The van der Waals surface area contributed by atoms with E-state index in [0.717, 1.165) is 10.6 Å². The number of nitrogens with zero attached hydrogens (tertiary/aromatic N) is 1. The van der Waals surface area contributed by atoms with Crippen LogP contribution in [0.15, 0.2) is 17.6 Å². The van der Waals surface area contributed by atoms with Crippen molar-refractivity contribution in [3.05, 3.63) is 45.4 Å². The van der Waals surface area contributed by atoms with Crippen LogP contribution < -0.4 is 5.32 Å². The maximum Gasteiger partial charge on any atom is 0.146 e. The smallest absolute Gasteiger partial charge is 0.146 e. The molecule has 1 unspecified atom stereocenters. The van der Waals surface area contributed by atoms with Crippen molar-refractivity contribution in [2.45, 2.75) is 26.8 Å². The number of anilines is 1. The number of rotatable bonds is 3. The highest BCUT2D eigenvalue weighted by Crippen LogP contribution is 2.27. The summed E-state index contributed by atoms with van der Waals surface area (Å²) >= 11 is 1.50. The fraction of sp³-hybridized carbons (Fsp3) is 0.308. The summed E-state index contributed by atoms with van der Waals surface area (Å²) in [5.74, 6) is -0.852. The van der Waals surface area contributed by atoms with Crippen molar-refractivity contribution < 1.29 is 8.78 Å². The fourth-order valence-electron chi connectivity index (χ4n) is 1.78. The normalized spacial score (nSPS) is 12.5. The van der Waals surface area contributed by atoms with E-state index < -0.39 is 11.6 Å². The number of thiazole rings is 1. The van der Waals surface area contributed by atoms with Crippen molar-refractivity contribution in [2.24, 2.45) is 0 Å². The summed E-state index contributed by atoms with van der Waals surface area (Å²) in [7, 11) is 0. The summed E-state index contributed by atoms with van der Waals surface area (Å²) in [5, 5.41) is 2.98. The van der Waals surface area contributed by atoms with Gasteiger partial charge >= 0.3 is 0 Å². The number of hydrogen-bond donors (Lipinski definition) is 1. The summed E-state index contributed by atoms with van der Waals surface area (Å²) in [6.07, 6.45) is 0. The highest BCUT2D eigenvalue weighted by molar-refractivity contribution is 7.09. The molecule has 96 valence electrons. The van der Waals surface area contributed by atoms with E-state index >= 15 is 0 Å². The number of aryl methyl sites for hydroxylation is 2. The Morgan fingerprint density at radius 2 is 1.94 bits per heavy atom. The molecule has 2 aromatic rings. The molecule has 0 fully saturated rings. The zero-order chi connectivity index (χ0) is 13.3. The molecule has 1 heterocycles. The molecule has 1 atom stereocenters. The van der Waals surface area contributed by atoms with E-state index in [-0.39, 0.29) is 11.7 Å². The summed E-state index contributed by atoms with van der Waals surface area (Å²) in [4.78, 5) is 5.17. The van der Waals surface area contributed by atoms with Gasteiger partial charge in [-0.25, -0.2) is 13.8 Å². The van der Waals surface area contributed by atoms with E-state index in [1.807, 2.05) is 13.8 Å². The maximum absolute atomic E-state index is 13.7. The minimum absolute atomic E-state index is 0.103. The van der Waals surface area contributed by atoms with Crippen LogP contribution in [0.25, 0.3) is 0 Å². The molecule has 18 heavy (non-hydrogen) atoms. The lowest BCUT2D eigenvalue weighted by Gasteiger charge is -2.15. The zero-order valence-corrected chi connectivity index (χ0v) is 11.2. The lowest BCUT2D eigenvalue weighted by molar-refractivity contribution is 0.593. The van der Waals surface area contributed by atoms with Crippen molar-refractivity contribution in [1.82, 2.24) is 4.98 Å². The van der Waals surface area contributed by atoms with Crippen LogP contribution in [-0.2, 0) is 0 Å². The van der Waals surface area contributed by atoms with E-state index in [1.165, 1.54) is 23.5 Å². The molecule has 2 rings (SSSR count). The first kappa shape index (κ1) is 13.0. The van der Waals surface area contributed by atoms with Gasteiger partial charge in [0, 0.05) is 10.9 Å². The van der Waals surface area contributed by atoms with Gasteiger partial charge in [0.25, 0.3) is 0 Å². The van der Waals surface area contributed by atoms with Crippen LogP contribution in [0.1, 0.15) is 29.1 Å². The van der Waals surface area contributed by atoms with Crippen LogP contribution in [0.5, 0.6) is 0 Å². The average molecular weight is 268 g/mol. The van der Waals surface area contributed by atoms with Gasteiger partial charge in [-0.1, -0.05) is 0 Å². The first-order valence-electron chi connectivity index (χ1n) is 5.61. The van der Waals surface area contributed by atoms with Crippen LogP contribution in [0, 0.1) is 25.5 Å². The van der Waals surface area contributed by atoms with Crippen molar-refractivity contribution in [3.8, 4) is 0 Å². The number of benzene rings is 1. The summed E-state index contributed by atoms with van der Waals surface area (Å²) in [6.45, 7) is 5.34. The summed E-state index contributed by atoms with van der Waals surface area (Å²) in [6, 6.07) is 2.29. The van der Waals surface area contributed by atoms with E-state index in [9.17, 15) is 8.78 Å². The van der Waals surface area contributed by atoms with Crippen LogP contribution in [-0.4, -0.2) is 4.98 Å². The molecule has 0 aliphatic heterocycles. The molecular formula is C13H14F2N2S. The third-order valence-electron chi connectivity index (χ3n) is 2.80. The lowest BCUT2D eigenvalue weighted by Crippen LogP contribution is -2.08. The standard InChI is InChI=1S/C13H14F2N2S/c1-7-4-11(15)12(5-10(7)14)17-9(3)13-8(2)16-6-18-13/h4-6,9,17H,1-3H3. The molecular weight excluding hydrogens is 254 g/mol. The Kier molecular flexibility index (Phi) is 3.61. The van der Waals surface area contributed by atoms with Gasteiger partial charge < -0.3 is 5.32 Å².